The van der Waals surface area contributed by atoms with Crippen LogP contribution in [0.4, 0.5) is 8.78 Å². The van der Waals surface area contributed by atoms with Crippen LogP contribution < -0.4 is 4.74 Å². The van der Waals surface area contributed by atoms with Gasteiger partial charge in [-0.15, -0.1) is 0 Å². The van der Waals surface area contributed by atoms with Crippen molar-refractivity contribution in [3.05, 3.63) is 53.6 Å². The van der Waals surface area contributed by atoms with Crippen LogP contribution in [-0.4, -0.2) is 6.61 Å². The van der Waals surface area contributed by atoms with Gasteiger partial charge in [-0.3, -0.25) is 0 Å². The Bertz CT molecular complexity index is 761. The molecule has 158 valence electrons. The highest BCUT2D eigenvalue weighted by molar-refractivity contribution is 5.65. The number of hydrogen-bond acceptors (Lipinski definition) is 1. The smallest absolute Gasteiger partial charge is 0.201 e. The maximum Gasteiger partial charge on any atom is 0.201 e. The fourth-order valence-electron chi connectivity index (χ4n) is 4.53. The summed E-state index contributed by atoms with van der Waals surface area (Å²) in [7, 11) is 0. The molecule has 1 aliphatic carbocycles. The van der Waals surface area contributed by atoms with Crippen molar-refractivity contribution in [3.63, 3.8) is 0 Å². The summed E-state index contributed by atoms with van der Waals surface area (Å²) >= 11 is 0. The molecule has 0 spiro atoms. The van der Waals surface area contributed by atoms with Gasteiger partial charge in [0.2, 0.25) is 5.82 Å². The maximum atomic E-state index is 14.6. The van der Waals surface area contributed by atoms with Crippen molar-refractivity contribution >= 4 is 0 Å². The van der Waals surface area contributed by atoms with Crippen molar-refractivity contribution in [2.45, 2.75) is 77.6 Å². The third-order valence-corrected chi connectivity index (χ3v) is 6.29. The summed E-state index contributed by atoms with van der Waals surface area (Å²) in [6.45, 7) is 4.77. The van der Waals surface area contributed by atoms with Gasteiger partial charge in [-0.2, -0.15) is 4.39 Å². The number of ether oxygens (including phenoxy) is 1. The summed E-state index contributed by atoms with van der Waals surface area (Å²) in [4.78, 5) is 0. The maximum absolute atomic E-state index is 14.6. The molecule has 29 heavy (non-hydrogen) atoms. The molecular weight excluding hydrogens is 366 g/mol. The second-order valence-corrected chi connectivity index (χ2v) is 8.42. The van der Waals surface area contributed by atoms with E-state index in [4.69, 9.17) is 4.74 Å². The van der Waals surface area contributed by atoms with Crippen molar-refractivity contribution in [3.8, 4) is 16.9 Å². The Morgan fingerprint density at radius 1 is 0.828 bits per heavy atom. The van der Waals surface area contributed by atoms with Gasteiger partial charge in [0.15, 0.2) is 11.6 Å². The minimum absolute atomic E-state index is 0.00260. The summed E-state index contributed by atoms with van der Waals surface area (Å²) < 4.78 is 34.5. The van der Waals surface area contributed by atoms with Gasteiger partial charge in [0.1, 0.15) is 0 Å². The summed E-state index contributed by atoms with van der Waals surface area (Å²) in [6, 6.07) is 11.2. The van der Waals surface area contributed by atoms with E-state index in [1.165, 1.54) is 44.1 Å². The molecular formula is C26H34F2O. The Morgan fingerprint density at radius 2 is 1.55 bits per heavy atom. The first-order valence-electron chi connectivity index (χ1n) is 11.3. The van der Waals surface area contributed by atoms with Gasteiger partial charge in [-0.25, -0.2) is 4.39 Å². The van der Waals surface area contributed by atoms with Gasteiger partial charge < -0.3 is 4.74 Å². The van der Waals surface area contributed by atoms with Crippen LogP contribution in [0.2, 0.25) is 0 Å². The zero-order chi connectivity index (χ0) is 20.6. The van der Waals surface area contributed by atoms with E-state index in [1.807, 2.05) is 12.1 Å². The monoisotopic (exact) mass is 400 g/mol. The molecule has 0 unspecified atom stereocenters. The van der Waals surface area contributed by atoms with Crippen molar-refractivity contribution in [1.82, 2.24) is 0 Å². The lowest BCUT2D eigenvalue weighted by molar-refractivity contribution is 0.286. The van der Waals surface area contributed by atoms with Crippen LogP contribution in [-0.2, 0) is 0 Å². The zero-order valence-corrected chi connectivity index (χ0v) is 17.9. The van der Waals surface area contributed by atoms with Gasteiger partial charge >= 0.3 is 0 Å². The molecule has 0 aliphatic heterocycles. The molecule has 1 nitrogen and oxygen atoms in total. The first-order valence-corrected chi connectivity index (χ1v) is 11.3. The third kappa shape index (κ3) is 5.58. The second kappa shape index (κ2) is 10.8. The van der Waals surface area contributed by atoms with E-state index in [9.17, 15) is 8.78 Å². The predicted octanol–water partition coefficient (Wildman–Crippen LogP) is 8.27. The summed E-state index contributed by atoms with van der Waals surface area (Å²) in [5.41, 5.74) is 2.32. The van der Waals surface area contributed by atoms with E-state index in [0.29, 0.717) is 23.7 Å². The topological polar surface area (TPSA) is 9.23 Å². The largest absolute Gasteiger partial charge is 0.490 e. The van der Waals surface area contributed by atoms with Gasteiger partial charge in [0.25, 0.3) is 0 Å². The second-order valence-electron chi connectivity index (χ2n) is 8.42. The van der Waals surface area contributed by atoms with Crippen LogP contribution in [0.15, 0.2) is 36.4 Å². The van der Waals surface area contributed by atoms with Crippen LogP contribution in [0.3, 0.4) is 0 Å². The molecule has 2 aromatic rings. The summed E-state index contributed by atoms with van der Waals surface area (Å²) in [5, 5.41) is 0. The Hall–Kier alpha value is -1.90. The Labute approximate surface area is 174 Å². The van der Waals surface area contributed by atoms with Crippen molar-refractivity contribution in [1.29, 1.82) is 0 Å². The highest BCUT2D eigenvalue weighted by Gasteiger charge is 2.22. The molecule has 3 rings (SSSR count). The molecule has 3 heteroatoms. The summed E-state index contributed by atoms with van der Waals surface area (Å²) in [6.07, 6.45) is 10.6. The fourth-order valence-corrected chi connectivity index (χ4v) is 4.53. The van der Waals surface area contributed by atoms with E-state index < -0.39 is 11.6 Å². The minimum atomic E-state index is -0.891. The molecule has 2 aromatic carbocycles. The first-order chi connectivity index (χ1) is 14.1. The first kappa shape index (κ1) is 21.8. The molecule has 1 fully saturated rings. The highest BCUT2D eigenvalue weighted by atomic mass is 19.2. The van der Waals surface area contributed by atoms with E-state index >= 15 is 0 Å². The average Bonchev–Trinajstić information content (AvgIpc) is 2.75. The van der Waals surface area contributed by atoms with Crippen LogP contribution in [0.5, 0.6) is 5.75 Å². The van der Waals surface area contributed by atoms with Crippen molar-refractivity contribution in [2.24, 2.45) is 5.92 Å². The molecule has 0 atom stereocenters. The molecule has 0 amide bonds. The molecule has 0 heterocycles. The van der Waals surface area contributed by atoms with Crippen LogP contribution in [0.25, 0.3) is 11.1 Å². The van der Waals surface area contributed by atoms with E-state index in [2.05, 4.69) is 26.0 Å². The number of hydrogen-bond donors (Lipinski definition) is 0. The van der Waals surface area contributed by atoms with Crippen LogP contribution >= 0.6 is 0 Å². The van der Waals surface area contributed by atoms with Crippen molar-refractivity contribution in [2.75, 3.05) is 6.61 Å². The van der Waals surface area contributed by atoms with Gasteiger partial charge in [-0.1, -0.05) is 63.8 Å². The van der Waals surface area contributed by atoms with Gasteiger partial charge in [0, 0.05) is 5.56 Å². The van der Waals surface area contributed by atoms with Crippen LogP contribution in [0.1, 0.15) is 83.1 Å². The third-order valence-electron chi connectivity index (χ3n) is 6.29. The SMILES string of the molecule is CCCCCOc1ccc(-c2ccc(C3CCC(CCC)CC3)cc2)c(F)c1F. The van der Waals surface area contributed by atoms with Crippen LogP contribution in [0, 0.1) is 17.6 Å². The fraction of sp³-hybridized carbons (Fsp3) is 0.538. The molecule has 1 saturated carbocycles. The number of unbranched alkanes of at least 4 members (excludes halogenated alkanes) is 2. The van der Waals surface area contributed by atoms with E-state index in [-0.39, 0.29) is 5.75 Å². The van der Waals surface area contributed by atoms with E-state index in [1.54, 1.807) is 12.1 Å². The number of halogens is 2. The number of benzene rings is 2. The minimum Gasteiger partial charge on any atom is -0.490 e. The summed E-state index contributed by atoms with van der Waals surface area (Å²) in [5.74, 6) is -0.237. The van der Waals surface area contributed by atoms with E-state index in [0.717, 1.165) is 25.2 Å². The molecule has 0 radical (unpaired) electrons. The lowest BCUT2D eigenvalue weighted by atomic mass is 9.77. The Morgan fingerprint density at radius 3 is 2.21 bits per heavy atom. The van der Waals surface area contributed by atoms with Gasteiger partial charge in [-0.05, 0) is 67.2 Å². The Balaban J connectivity index is 1.66. The average molecular weight is 401 g/mol. The molecule has 0 N–H and O–H groups in total. The lowest BCUT2D eigenvalue weighted by Crippen LogP contribution is -2.13. The quantitative estimate of drug-likeness (QED) is 0.385. The number of rotatable bonds is 9. The molecule has 0 aromatic heterocycles. The van der Waals surface area contributed by atoms with Crippen molar-refractivity contribution < 1.29 is 13.5 Å². The van der Waals surface area contributed by atoms with Gasteiger partial charge in [0.05, 0.1) is 6.61 Å². The standard InChI is InChI=1S/C26H34F2O/c1-3-5-6-18-29-24-17-16-23(25(27)26(24)28)22-14-12-21(13-15-22)20-10-8-19(7-4-2)9-11-20/h12-17,19-20H,3-11,18H2,1-2H3. The Kier molecular flexibility index (Phi) is 8.09. The highest BCUT2D eigenvalue weighted by Crippen LogP contribution is 2.38. The molecule has 1 aliphatic rings. The normalized spacial score (nSPS) is 19.3. The molecule has 0 saturated heterocycles. The lowest BCUT2D eigenvalue weighted by Gasteiger charge is -2.28. The predicted molar refractivity (Wildman–Crippen MR) is 116 cm³/mol. The zero-order valence-electron chi connectivity index (χ0n) is 17.9. The molecule has 0 bridgehead atoms.